The van der Waals surface area contributed by atoms with Crippen molar-refractivity contribution in [3.05, 3.63) is 41.0 Å². The molecule has 0 atom stereocenters. The molecule has 14 heteroatoms. The molecule has 1 N–H and O–H groups in total. The number of aromatic nitrogens is 2. The maximum Gasteiger partial charge on any atom is 0.394 e. The Bertz CT molecular complexity index is 1540. The summed E-state index contributed by atoms with van der Waals surface area (Å²) in [5.74, 6) is 1.36. The van der Waals surface area contributed by atoms with Gasteiger partial charge in [-0.3, -0.25) is 9.36 Å². The Hall–Kier alpha value is -3.65. The molecule has 3 rings (SSSR count). The molecule has 1 aromatic heterocycles. The summed E-state index contributed by atoms with van der Waals surface area (Å²) in [7, 11) is -3.27. The number of rotatable bonds is 10. The van der Waals surface area contributed by atoms with Crippen molar-refractivity contribution in [2.45, 2.75) is 77.3 Å². The molecule has 1 aliphatic rings. The molecule has 1 aromatic carbocycles. The lowest BCUT2D eigenvalue weighted by Crippen LogP contribution is -2.41. The van der Waals surface area contributed by atoms with E-state index in [-0.39, 0.29) is 67.1 Å². The summed E-state index contributed by atoms with van der Waals surface area (Å²) in [6, 6.07) is 5.91. The Labute approximate surface area is 247 Å². The van der Waals surface area contributed by atoms with Gasteiger partial charge in [-0.05, 0) is 55.7 Å². The molecule has 1 amide bonds. The average molecular weight is 629 g/mol. The van der Waals surface area contributed by atoms with Gasteiger partial charge < -0.3 is 10.1 Å². The number of amides is 1. The quantitative estimate of drug-likeness (QED) is 0.280. The first-order valence-corrected chi connectivity index (χ1v) is 15.4. The second kappa shape index (κ2) is 12.5. The number of carbonyl (C=O) groups excluding carboxylic acids is 1. The minimum Gasteiger partial charge on any atom is -0.433 e. The zero-order valence-corrected chi connectivity index (χ0v) is 25.0. The molecule has 1 saturated carbocycles. The van der Waals surface area contributed by atoms with E-state index >= 15 is 0 Å². The lowest BCUT2D eigenvalue weighted by atomic mass is 9.75. The van der Waals surface area contributed by atoms with Gasteiger partial charge in [0.25, 0.3) is 5.91 Å². The van der Waals surface area contributed by atoms with E-state index in [1.54, 1.807) is 6.92 Å². The zero-order valence-electron chi connectivity index (χ0n) is 24.2. The number of hydrogen-bond donors (Lipinski definition) is 1. The highest BCUT2D eigenvalue weighted by molar-refractivity contribution is 7.91. The van der Waals surface area contributed by atoms with E-state index in [1.807, 2.05) is 0 Å². The standard InChI is InChI=1S/C29H33F5N4O4S/c1-6-20-24(25(39)36-17-28(16-35)12-10-19(11-13-28)43(5,40)41)37-23(7-2)38(20)21-9-8-18(14-22(21)42-26(30)31)15-27(3,4)29(32,33)34/h1,8-9,14,19,26H,7,10-13,15,17H2,2-5H3,(H,36,39). The fourth-order valence-corrected chi connectivity index (χ4v) is 6.23. The van der Waals surface area contributed by atoms with Gasteiger partial charge in [-0.25, -0.2) is 13.4 Å². The molecule has 234 valence electrons. The normalized spacial score (nSPS) is 19.5. The van der Waals surface area contributed by atoms with E-state index in [4.69, 9.17) is 6.42 Å². The summed E-state index contributed by atoms with van der Waals surface area (Å²) >= 11 is 0. The van der Waals surface area contributed by atoms with Gasteiger partial charge >= 0.3 is 12.8 Å². The number of alkyl halides is 5. The number of nitriles is 1. The van der Waals surface area contributed by atoms with Crippen LogP contribution in [0, 0.1) is 34.5 Å². The first-order valence-electron chi connectivity index (χ1n) is 13.5. The van der Waals surface area contributed by atoms with Crippen LogP contribution in [0.15, 0.2) is 18.2 Å². The Kier molecular flexibility index (Phi) is 9.86. The van der Waals surface area contributed by atoms with Crippen LogP contribution in [-0.2, 0) is 22.7 Å². The lowest BCUT2D eigenvalue weighted by Gasteiger charge is -2.34. The smallest absolute Gasteiger partial charge is 0.394 e. The molecule has 0 aliphatic heterocycles. The molecular weight excluding hydrogens is 595 g/mol. The molecule has 1 aliphatic carbocycles. The number of hydrogen-bond acceptors (Lipinski definition) is 6. The number of nitrogens with one attached hydrogen (secondary N) is 1. The molecule has 2 aromatic rings. The summed E-state index contributed by atoms with van der Waals surface area (Å²) in [6.07, 6.45) is 3.07. The van der Waals surface area contributed by atoms with Crippen LogP contribution in [0.25, 0.3) is 5.69 Å². The number of sulfone groups is 1. The maximum absolute atomic E-state index is 13.5. The number of terminal acetylenes is 1. The van der Waals surface area contributed by atoms with Crippen LogP contribution in [0.1, 0.15) is 74.0 Å². The highest BCUT2D eigenvalue weighted by Crippen LogP contribution is 2.41. The highest BCUT2D eigenvalue weighted by Gasteiger charge is 2.47. The molecule has 1 fully saturated rings. The monoisotopic (exact) mass is 628 g/mol. The summed E-state index contributed by atoms with van der Waals surface area (Å²) in [5.41, 5.74) is -3.43. The summed E-state index contributed by atoms with van der Waals surface area (Å²) < 4.78 is 97.0. The Morgan fingerprint density at radius 3 is 2.40 bits per heavy atom. The van der Waals surface area contributed by atoms with E-state index in [0.29, 0.717) is 0 Å². The lowest BCUT2D eigenvalue weighted by molar-refractivity contribution is -0.211. The van der Waals surface area contributed by atoms with E-state index < -0.39 is 56.8 Å². The van der Waals surface area contributed by atoms with E-state index in [0.717, 1.165) is 26.2 Å². The topological polar surface area (TPSA) is 114 Å². The molecule has 0 radical (unpaired) electrons. The van der Waals surface area contributed by atoms with Gasteiger partial charge in [0.15, 0.2) is 5.69 Å². The third kappa shape index (κ3) is 7.47. The minimum absolute atomic E-state index is 0.0437. The van der Waals surface area contributed by atoms with Crippen molar-refractivity contribution in [2.24, 2.45) is 10.8 Å². The summed E-state index contributed by atoms with van der Waals surface area (Å²) in [4.78, 5) is 17.6. The van der Waals surface area contributed by atoms with Gasteiger partial charge in [-0.15, -0.1) is 6.42 Å². The second-order valence-corrected chi connectivity index (χ2v) is 13.7. The molecular formula is C29H33F5N4O4S. The van der Waals surface area contributed by atoms with Crippen molar-refractivity contribution in [3.8, 4) is 29.8 Å². The number of nitrogens with zero attached hydrogens (tertiary/aromatic N) is 3. The van der Waals surface area contributed by atoms with E-state index in [1.165, 1.54) is 16.7 Å². The van der Waals surface area contributed by atoms with Gasteiger partial charge in [0, 0.05) is 19.2 Å². The second-order valence-electron chi connectivity index (χ2n) is 11.4. The number of ether oxygens (including phenoxy) is 1. The molecule has 0 bridgehead atoms. The molecule has 0 spiro atoms. The third-order valence-corrected chi connectivity index (χ3v) is 9.51. The number of benzene rings is 1. The van der Waals surface area contributed by atoms with Crippen molar-refractivity contribution in [2.75, 3.05) is 12.8 Å². The van der Waals surface area contributed by atoms with Crippen molar-refractivity contribution < 1.29 is 39.9 Å². The minimum atomic E-state index is -4.55. The number of carbonyl (C=O) groups is 1. The first kappa shape index (κ1) is 33.8. The van der Waals surface area contributed by atoms with Crippen LogP contribution in [-0.4, -0.2) is 54.7 Å². The van der Waals surface area contributed by atoms with Crippen LogP contribution in [0.4, 0.5) is 22.0 Å². The average Bonchev–Trinajstić information content (AvgIpc) is 3.29. The molecule has 1 heterocycles. The van der Waals surface area contributed by atoms with Crippen molar-refractivity contribution >= 4 is 15.7 Å². The predicted octanol–water partition coefficient (Wildman–Crippen LogP) is 5.38. The van der Waals surface area contributed by atoms with Crippen LogP contribution >= 0.6 is 0 Å². The summed E-state index contributed by atoms with van der Waals surface area (Å²) in [6.45, 7) is 0.263. The SMILES string of the molecule is C#Cc1c(C(=O)NCC2(C#N)CCC(S(C)(=O)=O)CC2)nc(CC)n1-c1ccc(CC(C)(C)C(F)(F)F)cc1OC(F)F. The first-order chi connectivity index (χ1) is 19.9. The number of imidazole rings is 1. The van der Waals surface area contributed by atoms with Crippen LogP contribution in [0.2, 0.25) is 0 Å². The fraction of sp³-hybridized carbons (Fsp3) is 0.552. The van der Waals surface area contributed by atoms with Crippen molar-refractivity contribution in [1.29, 1.82) is 5.26 Å². The predicted molar refractivity (Wildman–Crippen MR) is 149 cm³/mol. The molecule has 8 nitrogen and oxygen atoms in total. The maximum atomic E-state index is 13.5. The van der Waals surface area contributed by atoms with Gasteiger partial charge in [0.05, 0.1) is 27.8 Å². The Morgan fingerprint density at radius 2 is 1.91 bits per heavy atom. The van der Waals surface area contributed by atoms with Crippen LogP contribution in [0.5, 0.6) is 5.75 Å². The van der Waals surface area contributed by atoms with Crippen LogP contribution in [0.3, 0.4) is 0 Å². The van der Waals surface area contributed by atoms with Crippen LogP contribution < -0.4 is 10.1 Å². The van der Waals surface area contributed by atoms with Gasteiger partial charge in [-0.2, -0.15) is 27.2 Å². The summed E-state index contributed by atoms with van der Waals surface area (Å²) in [5, 5.41) is 12.0. The largest absolute Gasteiger partial charge is 0.433 e. The van der Waals surface area contributed by atoms with Gasteiger partial charge in [0.2, 0.25) is 0 Å². The molecule has 0 unspecified atom stereocenters. The number of halogens is 5. The van der Waals surface area contributed by atoms with Crippen molar-refractivity contribution in [3.63, 3.8) is 0 Å². The number of aryl methyl sites for hydroxylation is 1. The van der Waals surface area contributed by atoms with Crippen molar-refractivity contribution in [1.82, 2.24) is 14.9 Å². The van der Waals surface area contributed by atoms with E-state index in [9.17, 15) is 40.4 Å². The zero-order chi connectivity index (χ0) is 32.4. The molecule has 0 saturated heterocycles. The third-order valence-electron chi connectivity index (χ3n) is 7.83. The highest BCUT2D eigenvalue weighted by atomic mass is 32.2. The fourth-order valence-electron chi connectivity index (χ4n) is 5.14. The Balaban J connectivity index is 1.97. The molecule has 43 heavy (non-hydrogen) atoms. The Morgan fingerprint density at radius 1 is 1.28 bits per heavy atom. The van der Waals surface area contributed by atoms with E-state index in [2.05, 4.69) is 27.0 Å². The van der Waals surface area contributed by atoms with Gasteiger partial charge in [-0.1, -0.05) is 26.8 Å². The van der Waals surface area contributed by atoms with Gasteiger partial charge in [0.1, 0.15) is 27.1 Å².